The first-order valence-corrected chi connectivity index (χ1v) is 8.09. The molecule has 0 aliphatic carbocycles. The lowest BCUT2D eigenvalue weighted by molar-refractivity contribution is 0.356. The molecule has 2 aromatic carbocycles. The predicted molar refractivity (Wildman–Crippen MR) is 96.2 cm³/mol. The second kappa shape index (κ2) is 5.81. The van der Waals surface area contributed by atoms with Gasteiger partial charge in [-0.05, 0) is 42.7 Å². The minimum absolute atomic E-state index is 0.333. The molecule has 3 aromatic rings. The Kier molecular flexibility index (Phi) is 3.60. The van der Waals surface area contributed by atoms with Gasteiger partial charge in [0.2, 0.25) is 0 Å². The Labute approximate surface area is 145 Å². The number of methoxy groups -OCH3 is 2. The number of fused-ring (bicyclic) bond motifs is 2. The van der Waals surface area contributed by atoms with E-state index in [0.717, 1.165) is 46.5 Å². The van der Waals surface area contributed by atoms with Crippen LogP contribution in [0.1, 0.15) is 11.1 Å². The van der Waals surface area contributed by atoms with Gasteiger partial charge in [-0.3, -0.25) is 0 Å². The van der Waals surface area contributed by atoms with Crippen molar-refractivity contribution in [2.24, 2.45) is 0 Å². The lowest BCUT2D eigenvalue weighted by atomic mass is 10.1. The van der Waals surface area contributed by atoms with Crippen molar-refractivity contribution in [3.8, 4) is 17.2 Å². The fourth-order valence-electron chi connectivity index (χ4n) is 3.33. The summed E-state index contributed by atoms with van der Waals surface area (Å²) in [7, 11) is 3.22. The van der Waals surface area contributed by atoms with Crippen molar-refractivity contribution >= 4 is 22.4 Å². The van der Waals surface area contributed by atoms with Crippen LogP contribution in [0.2, 0.25) is 0 Å². The van der Waals surface area contributed by atoms with Crippen LogP contribution in [0.3, 0.4) is 0 Å². The molecule has 1 aliphatic rings. The second-order valence-corrected chi connectivity index (χ2v) is 6.09. The monoisotopic (exact) mass is 337 g/mol. The molecular weight excluding hydrogens is 318 g/mol. The SMILES string of the molecule is COc1cc2ncnc(N3CCc4cc(O)c(C)cc43)c2cc1OC. The molecule has 0 amide bonds. The van der Waals surface area contributed by atoms with E-state index in [2.05, 4.69) is 14.9 Å². The largest absolute Gasteiger partial charge is 0.508 e. The number of rotatable bonds is 3. The highest BCUT2D eigenvalue weighted by atomic mass is 16.5. The van der Waals surface area contributed by atoms with E-state index in [1.807, 2.05) is 31.2 Å². The van der Waals surface area contributed by atoms with Gasteiger partial charge in [-0.1, -0.05) is 0 Å². The number of aryl methyl sites for hydroxylation is 1. The van der Waals surface area contributed by atoms with Crippen LogP contribution in [0.15, 0.2) is 30.6 Å². The molecule has 1 aromatic heterocycles. The Bertz CT molecular complexity index is 972. The normalized spacial score (nSPS) is 13.2. The summed E-state index contributed by atoms with van der Waals surface area (Å²) in [6.45, 7) is 2.71. The van der Waals surface area contributed by atoms with Gasteiger partial charge in [-0.15, -0.1) is 0 Å². The molecular formula is C19H19N3O3. The van der Waals surface area contributed by atoms with Crippen molar-refractivity contribution in [2.75, 3.05) is 25.7 Å². The molecule has 0 radical (unpaired) electrons. The zero-order valence-electron chi connectivity index (χ0n) is 14.4. The summed E-state index contributed by atoms with van der Waals surface area (Å²) < 4.78 is 10.8. The van der Waals surface area contributed by atoms with Crippen molar-refractivity contribution in [1.82, 2.24) is 9.97 Å². The molecule has 2 heterocycles. The predicted octanol–water partition coefficient (Wildman–Crippen LogP) is 3.36. The van der Waals surface area contributed by atoms with E-state index in [0.29, 0.717) is 17.2 Å². The third-order valence-electron chi connectivity index (χ3n) is 4.67. The van der Waals surface area contributed by atoms with Gasteiger partial charge in [0, 0.05) is 23.7 Å². The number of anilines is 2. The van der Waals surface area contributed by atoms with Crippen LogP contribution in [-0.4, -0.2) is 35.8 Å². The van der Waals surface area contributed by atoms with Gasteiger partial charge in [0.05, 0.1) is 19.7 Å². The molecule has 4 rings (SSSR count). The van der Waals surface area contributed by atoms with Crippen molar-refractivity contribution in [1.29, 1.82) is 0 Å². The van der Waals surface area contributed by atoms with Crippen LogP contribution >= 0.6 is 0 Å². The minimum atomic E-state index is 0.333. The second-order valence-electron chi connectivity index (χ2n) is 6.09. The molecule has 128 valence electrons. The summed E-state index contributed by atoms with van der Waals surface area (Å²) >= 11 is 0. The molecule has 0 saturated heterocycles. The molecule has 0 spiro atoms. The molecule has 6 nitrogen and oxygen atoms in total. The first kappa shape index (κ1) is 15.5. The van der Waals surface area contributed by atoms with Gasteiger partial charge in [-0.25, -0.2) is 9.97 Å². The maximum atomic E-state index is 9.96. The molecule has 0 fully saturated rings. The number of phenolic OH excluding ortho intramolecular Hbond substituents is 1. The van der Waals surface area contributed by atoms with E-state index >= 15 is 0 Å². The van der Waals surface area contributed by atoms with Gasteiger partial charge in [-0.2, -0.15) is 0 Å². The summed E-state index contributed by atoms with van der Waals surface area (Å²) in [4.78, 5) is 11.1. The number of nitrogens with zero attached hydrogens (tertiary/aromatic N) is 3. The van der Waals surface area contributed by atoms with E-state index < -0.39 is 0 Å². The number of phenols is 1. The molecule has 1 N–H and O–H groups in total. The molecule has 25 heavy (non-hydrogen) atoms. The third kappa shape index (κ3) is 2.41. The molecule has 0 atom stereocenters. The average Bonchev–Trinajstić information content (AvgIpc) is 3.02. The topological polar surface area (TPSA) is 67.7 Å². The van der Waals surface area contributed by atoms with Gasteiger partial charge in [0.25, 0.3) is 0 Å². The molecule has 0 bridgehead atoms. The standard InChI is InChI=1S/C19H19N3O3/c1-11-6-15-12(7-16(11)23)4-5-22(15)19-13-8-17(24-2)18(25-3)9-14(13)20-10-21-19/h6-10,23H,4-5H2,1-3H3. The highest BCUT2D eigenvalue weighted by Gasteiger charge is 2.25. The summed E-state index contributed by atoms with van der Waals surface area (Å²) in [6, 6.07) is 7.62. The Morgan fingerprint density at radius 2 is 1.80 bits per heavy atom. The lowest BCUT2D eigenvalue weighted by Crippen LogP contribution is -2.15. The maximum absolute atomic E-state index is 9.96. The van der Waals surface area contributed by atoms with Crippen LogP contribution in [0.5, 0.6) is 17.2 Å². The van der Waals surface area contributed by atoms with Crippen LogP contribution < -0.4 is 14.4 Å². The average molecular weight is 337 g/mol. The Morgan fingerprint density at radius 3 is 2.56 bits per heavy atom. The lowest BCUT2D eigenvalue weighted by Gasteiger charge is -2.21. The minimum Gasteiger partial charge on any atom is -0.508 e. The van der Waals surface area contributed by atoms with E-state index in [9.17, 15) is 5.11 Å². The zero-order chi connectivity index (χ0) is 17.6. The Hall–Kier alpha value is -3.02. The summed E-state index contributed by atoms with van der Waals surface area (Å²) in [6.07, 6.45) is 2.43. The van der Waals surface area contributed by atoms with E-state index in [1.165, 1.54) is 0 Å². The van der Waals surface area contributed by atoms with Crippen molar-refractivity contribution in [2.45, 2.75) is 13.3 Å². The Balaban J connectivity index is 1.90. The van der Waals surface area contributed by atoms with Gasteiger partial charge in [0.15, 0.2) is 11.5 Å². The summed E-state index contributed by atoms with van der Waals surface area (Å²) in [5, 5.41) is 10.9. The van der Waals surface area contributed by atoms with Crippen LogP contribution in [-0.2, 0) is 6.42 Å². The highest BCUT2D eigenvalue weighted by molar-refractivity contribution is 5.94. The van der Waals surface area contributed by atoms with Gasteiger partial charge in [0.1, 0.15) is 17.9 Å². The third-order valence-corrected chi connectivity index (χ3v) is 4.67. The van der Waals surface area contributed by atoms with Gasteiger partial charge < -0.3 is 19.5 Å². The highest BCUT2D eigenvalue weighted by Crippen LogP contribution is 2.41. The number of benzene rings is 2. The maximum Gasteiger partial charge on any atom is 0.162 e. The molecule has 0 unspecified atom stereocenters. The van der Waals surface area contributed by atoms with E-state index in [1.54, 1.807) is 20.5 Å². The fourth-order valence-corrected chi connectivity index (χ4v) is 3.33. The zero-order valence-corrected chi connectivity index (χ0v) is 14.4. The number of hydrogen-bond acceptors (Lipinski definition) is 6. The van der Waals surface area contributed by atoms with Crippen LogP contribution in [0.4, 0.5) is 11.5 Å². The van der Waals surface area contributed by atoms with Crippen molar-refractivity contribution in [3.05, 3.63) is 41.7 Å². The first-order chi connectivity index (χ1) is 12.1. The summed E-state index contributed by atoms with van der Waals surface area (Å²) in [5.41, 5.74) is 3.84. The molecule has 1 aliphatic heterocycles. The number of aromatic nitrogens is 2. The van der Waals surface area contributed by atoms with Gasteiger partial charge >= 0.3 is 0 Å². The smallest absolute Gasteiger partial charge is 0.162 e. The van der Waals surface area contributed by atoms with Crippen molar-refractivity contribution < 1.29 is 14.6 Å². The molecule has 0 saturated carbocycles. The van der Waals surface area contributed by atoms with Crippen molar-refractivity contribution in [3.63, 3.8) is 0 Å². The fraction of sp³-hybridized carbons (Fsp3) is 0.263. The van der Waals surface area contributed by atoms with E-state index in [-0.39, 0.29) is 0 Å². The van der Waals surface area contributed by atoms with Crippen LogP contribution in [0.25, 0.3) is 10.9 Å². The van der Waals surface area contributed by atoms with E-state index in [4.69, 9.17) is 9.47 Å². The quantitative estimate of drug-likeness (QED) is 0.790. The number of aromatic hydroxyl groups is 1. The Morgan fingerprint density at radius 1 is 1.04 bits per heavy atom. The summed E-state index contributed by atoms with van der Waals surface area (Å²) in [5.74, 6) is 2.45. The number of hydrogen-bond donors (Lipinski definition) is 1. The number of ether oxygens (including phenoxy) is 2. The molecule has 6 heteroatoms. The van der Waals surface area contributed by atoms with Crippen LogP contribution in [0, 0.1) is 6.92 Å². The first-order valence-electron chi connectivity index (χ1n) is 8.09.